The number of fused-ring (bicyclic) bond motifs is 1. The van der Waals surface area contributed by atoms with Gasteiger partial charge in [-0.2, -0.15) is 0 Å². The molecule has 0 aromatic heterocycles. The zero-order valence-electron chi connectivity index (χ0n) is 21.3. The van der Waals surface area contributed by atoms with Crippen LogP contribution in [0.4, 0.5) is 5.69 Å². The Balaban J connectivity index is 1.64. The lowest BCUT2D eigenvalue weighted by atomic mass is 10.1. The number of amides is 1. The minimum Gasteiger partial charge on any atom is -0.497 e. The van der Waals surface area contributed by atoms with E-state index in [1.807, 2.05) is 13.8 Å². The molecule has 10 heteroatoms. The number of carbonyl (C=O) groups excluding carboxylic acids is 1. The first-order valence-corrected chi connectivity index (χ1v) is 13.1. The van der Waals surface area contributed by atoms with Crippen molar-refractivity contribution in [3.05, 3.63) is 71.8 Å². The Bertz CT molecular complexity index is 1390. The maximum Gasteiger partial charge on any atom is 0.264 e. The van der Waals surface area contributed by atoms with Crippen LogP contribution in [0.1, 0.15) is 24.1 Å². The number of aryl methyl sites for hydroxylation is 1. The lowest BCUT2D eigenvalue weighted by Crippen LogP contribution is -2.51. The average Bonchev–Trinajstić information content (AvgIpc) is 2.91. The summed E-state index contributed by atoms with van der Waals surface area (Å²) in [4.78, 5) is 13.5. The quantitative estimate of drug-likeness (QED) is 0.476. The molecule has 0 bridgehead atoms. The molecule has 1 aliphatic rings. The summed E-state index contributed by atoms with van der Waals surface area (Å²) < 4.78 is 50.5. The van der Waals surface area contributed by atoms with Gasteiger partial charge < -0.3 is 24.3 Å². The zero-order valence-corrected chi connectivity index (χ0v) is 22.2. The molecule has 9 nitrogen and oxygen atoms in total. The molecule has 0 spiro atoms. The smallest absolute Gasteiger partial charge is 0.264 e. The summed E-state index contributed by atoms with van der Waals surface area (Å²) >= 11 is 0. The van der Waals surface area contributed by atoms with Crippen molar-refractivity contribution in [3.8, 4) is 23.0 Å². The van der Waals surface area contributed by atoms with Crippen molar-refractivity contribution in [3.63, 3.8) is 0 Å². The molecule has 1 heterocycles. The van der Waals surface area contributed by atoms with E-state index >= 15 is 0 Å². The summed E-state index contributed by atoms with van der Waals surface area (Å²) in [6, 6.07) is 16.2. The fourth-order valence-electron chi connectivity index (χ4n) is 4.16. The van der Waals surface area contributed by atoms with Crippen molar-refractivity contribution in [1.82, 2.24) is 5.32 Å². The Labute approximate surface area is 217 Å². The molecular formula is C27H30N2O7S. The Kier molecular flexibility index (Phi) is 7.49. The largest absolute Gasteiger partial charge is 0.497 e. The van der Waals surface area contributed by atoms with E-state index < -0.39 is 28.1 Å². The van der Waals surface area contributed by atoms with Gasteiger partial charge in [-0.15, -0.1) is 0 Å². The van der Waals surface area contributed by atoms with E-state index in [0.29, 0.717) is 34.2 Å². The number of rotatable bonds is 8. The maximum atomic E-state index is 13.7. The molecule has 3 aromatic carbocycles. The first-order valence-electron chi connectivity index (χ1n) is 11.6. The Hall–Kier alpha value is -3.92. The molecule has 3 aromatic rings. The zero-order chi connectivity index (χ0) is 26.7. The number of nitrogens with one attached hydrogen (secondary N) is 1. The van der Waals surface area contributed by atoms with Crippen LogP contribution in [0.25, 0.3) is 0 Å². The summed E-state index contributed by atoms with van der Waals surface area (Å²) in [6.45, 7) is 3.48. The topological polar surface area (TPSA) is 103 Å². The van der Waals surface area contributed by atoms with E-state index in [1.54, 1.807) is 62.8 Å². The highest BCUT2D eigenvalue weighted by Crippen LogP contribution is 2.38. The minimum absolute atomic E-state index is 0.0790. The Morgan fingerprint density at radius 3 is 2.30 bits per heavy atom. The van der Waals surface area contributed by atoms with Gasteiger partial charge in [0.15, 0.2) is 6.10 Å². The summed E-state index contributed by atoms with van der Waals surface area (Å²) in [5.74, 6) is 1.60. The van der Waals surface area contributed by atoms with E-state index in [4.69, 9.17) is 18.9 Å². The second-order valence-electron chi connectivity index (χ2n) is 8.63. The second kappa shape index (κ2) is 10.6. The normalized spacial score (nSPS) is 15.7. The Morgan fingerprint density at radius 1 is 0.973 bits per heavy atom. The van der Waals surface area contributed by atoms with E-state index in [9.17, 15) is 13.2 Å². The van der Waals surface area contributed by atoms with Gasteiger partial charge in [0.1, 0.15) is 23.0 Å². The lowest BCUT2D eigenvalue weighted by Gasteiger charge is -2.35. The molecule has 2 atom stereocenters. The summed E-state index contributed by atoms with van der Waals surface area (Å²) in [5.41, 5.74) is 1.95. The second-order valence-corrected chi connectivity index (χ2v) is 10.5. The van der Waals surface area contributed by atoms with E-state index in [2.05, 4.69) is 5.32 Å². The maximum absolute atomic E-state index is 13.7. The van der Waals surface area contributed by atoms with Crippen molar-refractivity contribution in [2.45, 2.75) is 30.9 Å². The third-order valence-corrected chi connectivity index (χ3v) is 7.98. The fourth-order valence-corrected chi connectivity index (χ4v) is 5.64. The number of anilines is 1. The summed E-state index contributed by atoms with van der Waals surface area (Å²) in [6.07, 6.45) is -1.08. The molecule has 1 N–H and O–H groups in total. The van der Waals surface area contributed by atoms with Crippen molar-refractivity contribution in [2.24, 2.45) is 0 Å². The van der Waals surface area contributed by atoms with Crippen LogP contribution in [0.2, 0.25) is 0 Å². The van der Waals surface area contributed by atoms with Crippen molar-refractivity contribution >= 4 is 21.6 Å². The minimum atomic E-state index is -4.00. The van der Waals surface area contributed by atoms with Crippen LogP contribution in [0.15, 0.2) is 65.6 Å². The highest BCUT2D eigenvalue weighted by Gasteiger charge is 2.38. The molecule has 0 unspecified atom stereocenters. The molecule has 196 valence electrons. The van der Waals surface area contributed by atoms with Gasteiger partial charge in [0.25, 0.3) is 15.9 Å². The van der Waals surface area contributed by atoms with Crippen LogP contribution < -0.4 is 28.6 Å². The molecule has 0 fully saturated rings. The van der Waals surface area contributed by atoms with Gasteiger partial charge in [-0.05, 0) is 74.0 Å². The van der Waals surface area contributed by atoms with E-state index in [0.717, 1.165) is 5.56 Å². The molecule has 0 radical (unpaired) electrons. The molecular weight excluding hydrogens is 496 g/mol. The number of ether oxygens (including phenoxy) is 4. The van der Waals surface area contributed by atoms with Gasteiger partial charge in [-0.3, -0.25) is 9.10 Å². The van der Waals surface area contributed by atoms with Gasteiger partial charge in [-0.1, -0.05) is 6.07 Å². The number of nitrogens with zero attached hydrogens (tertiary/aromatic N) is 1. The predicted octanol–water partition coefficient (Wildman–Crippen LogP) is 3.85. The van der Waals surface area contributed by atoms with Crippen molar-refractivity contribution in [2.75, 3.05) is 32.2 Å². The number of sulfonamides is 1. The van der Waals surface area contributed by atoms with Crippen LogP contribution in [0, 0.1) is 6.92 Å². The summed E-state index contributed by atoms with van der Waals surface area (Å²) in [7, 11) is 0.615. The van der Waals surface area contributed by atoms with Crippen LogP contribution in [-0.2, 0) is 14.8 Å². The van der Waals surface area contributed by atoms with Gasteiger partial charge in [0, 0.05) is 5.56 Å². The standard InChI is InChI=1S/C27H30N2O7S/c1-17-6-12-23-25(14-17)36-26(16-29(23)37(31,32)21-10-7-19(33-3)8-11-21)27(30)28-18(2)22-15-20(34-4)9-13-24(22)35-5/h6-15,18,26H,16H2,1-5H3,(H,28,30)/t18-,26-/m1/s1. The van der Waals surface area contributed by atoms with Gasteiger partial charge in [-0.25, -0.2) is 8.42 Å². The first kappa shape index (κ1) is 26.2. The highest BCUT2D eigenvalue weighted by atomic mass is 32.2. The average molecular weight is 527 g/mol. The molecule has 0 saturated carbocycles. The molecule has 1 aliphatic heterocycles. The molecule has 1 amide bonds. The van der Waals surface area contributed by atoms with Gasteiger partial charge in [0.2, 0.25) is 0 Å². The first-order chi connectivity index (χ1) is 17.7. The molecule has 37 heavy (non-hydrogen) atoms. The fraction of sp³-hybridized carbons (Fsp3) is 0.296. The van der Waals surface area contributed by atoms with Crippen molar-refractivity contribution in [1.29, 1.82) is 0 Å². The van der Waals surface area contributed by atoms with E-state index in [-0.39, 0.29) is 11.4 Å². The number of carbonyl (C=O) groups is 1. The molecule has 0 saturated heterocycles. The number of hydrogen-bond donors (Lipinski definition) is 1. The van der Waals surface area contributed by atoms with Crippen molar-refractivity contribution < 1.29 is 32.2 Å². The SMILES string of the molecule is COc1ccc(S(=O)(=O)N2C[C@H](C(=O)N[C@H](C)c3cc(OC)ccc3OC)Oc3cc(C)ccc32)cc1. The monoisotopic (exact) mass is 526 g/mol. The highest BCUT2D eigenvalue weighted by molar-refractivity contribution is 7.92. The van der Waals surface area contributed by atoms with Crippen LogP contribution >= 0.6 is 0 Å². The number of benzene rings is 3. The third kappa shape index (κ3) is 5.29. The van der Waals surface area contributed by atoms with E-state index in [1.165, 1.54) is 23.5 Å². The predicted molar refractivity (Wildman–Crippen MR) is 139 cm³/mol. The Morgan fingerprint density at radius 2 is 1.65 bits per heavy atom. The third-order valence-electron chi connectivity index (χ3n) is 6.19. The van der Waals surface area contributed by atoms with Crippen LogP contribution in [0.3, 0.4) is 0 Å². The lowest BCUT2D eigenvalue weighted by molar-refractivity contribution is -0.128. The van der Waals surface area contributed by atoms with Gasteiger partial charge in [0.05, 0.1) is 44.5 Å². The van der Waals surface area contributed by atoms with Crippen LogP contribution in [-0.4, -0.2) is 48.3 Å². The molecule has 0 aliphatic carbocycles. The summed E-state index contributed by atoms with van der Waals surface area (Å²) in [5, 5.41) is 2.93. The van der Waals surface area contributed by atoms with Gasteiger partial charge >= 0.3 is 0 Å². The number of hydrogen-bond acceptors (Lipinski definition) is 7. The molecule has 4 rings (SSSR count). The van der Waals surface area contributed by atoms with Crippen LogP contribution in [0.5, 0.6) is 23.0 Å². The number of methoxy groups -OCH3 is 3.